The molecule has 0 aromatic heterocycles. The van der Waals surface area contributed by atoms with Crippen LogP contribution in [0, 0.1) is 5.92 Å². The lowest BCUT2D eigenvalue weighted by molar-refractivity contribution is -0.0803. The van der Waals surface area contributed by atoms with Gasteiger partial charge in [0.25, 0.3) is 0 Å². The molecule has 1 rings (SSSR count). The van der Waals surface area contributed by atoms with Crippen molar-refractivity contribution in [3.8, 4) is 0 Å². The fourth-order valence-corrected chi connectivity index (χ4v) is 3.66. The summed E-state index contributed by atoms with van der Waals surface area (Å²) in [4.78, 5) is 0. The van der Waals surface area contributed by atoms with E-state index < -0.39 is 20.5 Å². The van der Waals surface area contributed by atoms with Gasteiger partial charge in [-0.05, 0) is 30.6 Å². The molecule has 0 fully saturated rings. The van der Waals surface area contributed by atoms with Crippen molar-refractivity contribution in [3.05, 3.63) is 35.9 Å². The Morgan fingerprint density at radius 2 is 1.64 bits per heavy atom. The monoisotopic (exact) mass is 368 g/mol. The molecule has 0 bridgehead atoms. The van der Waals surface area contributed by atoms with E-state index in [1.165, 1.54) is 0 Å². The molecule has 144 valence electrons. The van der Waals surface area contributed by atoms with E-state index in [1.807, 2.05) is 44.2 Å². The maximum atomic E-state index is 10.7. The molecule has 0 unspecified atom stereocenters. The molecule has 0 amide bonds. The number of benzene rings is 1. The molecule has 2 N–H and O–H groups in total. The van der Waals surface area contributed by atoms with Gasteiger partial charge in [-0.3, -0.25) is 0 Å². The quantitative estimate of drug-likeness (QED) is 0.648. The van der Waals surface area contributed by atoms with Crippen molar-refractivity contribution in [1.82, 2.24) is 0 Å². The summed E-state index contributed by atoms with van der Waals surface area (Å²) in [5.41, 5.74) is 1.10. The van der Waals surface area contributed by atoms with Crippen LogP contribution in [0.2, 0.25) is 18.1 Å². The molecular weight excluding hydrogens is 332 g/mol. The summed E-state index contributed by atoms with van der Waals surface area (Å²) in [5, 5.41) is 20.5. The molecule has 0 aliphatic carbocycles. The van der Waals surface area contributed by atoms with E-state index in [1.54, 1.807) is 0 Å². The molecule has 4 nitrogen and oxygen atoms in total. The molecule has 1 aromatic carbocycles. The highest BCUT2D eigenvalue weighted by atomic mass is 28.4. The Hall–Kier alpha value is -0.723. The van der Waals surface area contributed by atoms with E-state index in [0.717, 1.165) is 5.56 Å². The highest BCUT2D eigenvalue weighted by molar-refractivity contribution is 6.74. The van der Waals surface area contributed by atoms with Crippen LogP contribution in [0.3, 0.4) is 0 Å². The topological polar surface area (TPSA) is 58.9 Å². The number of ether oxygens (including phenoxy) is 1. The summed E-state index contributed by atoms with van der Waals surface area (Å²) in [6.45, 7) is 14.9. The highest BCUT2D eigenvalue weighted by Crippen LogP contribution is 2.38. The van der Waals surface area contributed by atoms with Crippen molar-refractivity contribution in [2.45, 2.75) is 77.7 Å². The van der Waals surface area contributed by atoms with Crippen LogP contribution in [0.5, 0.6) is 0 Å². The molecule has 0 saturated carbocycles. The van der Waals surface area contributed by atoms with Gasteiger partial charge >= 0.3 is 0 Å². The van der Waals surface area contributed by atoms with Crippen LogP contribution in [0.15, 0.2) is 30.3 Å². The van der Waals surface area contributed by atoms with E-state index in [9.17, 15) is 10.2 Å². The van der Waals surface area contributed by atoms with Gasteiger partial charge in [0.2, 0.25) is 0 Å². The molecule has 5 heteroatoms. The smallest absolute Gasteiger partial charge is 0.192 e. The largest absolute Gasteiger partial charge is 0.409 e. The summed E-state index contributed by atoms with van der Waals surface area (Å²) in [5.74, 6) is -0.148. The van der Waals surface area contributed by atoms with Gasteiger partial charge in [0.05, 0.1) is 31.5 Å². The second-order valence-electron chi connectivity index (χ2n) is 8.45. The van der Waals surface area contributed by atoms with Crippen LogP contribution in [0.25, 0.3) is 0 Å². The minimum Gasteiger partial charge on any atom is -0.409 e. The summed E-state index contributed by atoms with van der Waals surface area (Å²) in [6.07, 6.45) is -1.50. The first-order valence-corrected chi connectivity index (χ1v) is 12.0. The van der Waals surface area contributed by atoms with Gasteiger partial charge < -0.3 is 19.4 Å². The molecule has 0 radical (unpaired) electrons. The maximum absolute atomic E-state index is 10.7. The third-order valence-electron chi connectivity index (χ3n) is 5.45. The Labute approximate surface area is 154 Å². The standard InChI is InChI=1S/C20H36O4Si/c1-15(16(2)23-14-17-11-9-8-10-12-17)19(22)18(13-21)24-25(6,7)20(3,4)5/h8-12,15-16,18-19,21-22H,13-14H2,1-7H3/t15-,16-,18-,19+/m1/s1. The van der Waals surface area contributed by atoms with Gasteiger partial charge in [-0.25, -0.2) is 0 Å². The van der Waals surface area contributed by atoms with Crippen molar-refractivity contribution in [2.24, 2.45) is 5.92 Å². The number of hydrogen-bond acceptors (Lipinski definition) is 4. The average molecular weight is 369 g/mol. The lowest BCUT2D eigenvalue weighted by atomic mass is 9.95. The van der Waals surface area contributed by atoms with E-state index in [-0.39, 0.29) is 23.7 Å². The minimum absolute atomic E-state index is 0.0266. The first kappa shape index (κ1) is 22.3. The summed E-state index contributed by atoms with van der Waals surface area (Å²) >= 11 is 0. The van der Waals surface area contributed by atoms with E-state index >= 15 is 0 Å². The second kappa shape index (κ2) is 9.28. The van der Waals surface area contributed by atoms with E-state index in [0.29, 0.717) is 6.61 Å². The van der Waals surface area contributed by atoms with Crippen LogP contribution < -0.4 is 0 Å². The van der Waals surface area contributed by atoms with Crippen LogP contribution in [0.4, 0.5) is 0 Å². The van der Waals surface area contributed by atoms with Crippen molar-refractivity contribution in [2.75, 3.05) is 6.61 Å². The Kier molecular flexibility index (Phi) is 8.29. The van der Waals surface area contributed by atoms with Gasteiger partial charge in [-0.15, -0.1) is 0 Å². The zero-order chi connectivity index (χ0) is 19.3. The van der Waals surface area contributed by atoms with Crippen LogP contribution in [0.1, 0.15) is 40.2 Å². The Morgan fingerprint density at radius 1 is 1.08 bits per heavy atom. The molecule has 4 atom stereocenters. The molecule has 25 heavy (non-hydrogen) atoms. The zero-order valence-electron chi connectivity index (χ0n) is 16.8. The molecule has 0 spiro atoms. The van der Waals surface area contributed by atoms with Gasteiger partial charge in [0, 0.05) is 5.92 Å². The Bertz CT molecular complexity index is 498. The SMILES string of the molecule is C[C@@H]([C@H](O)[C@@H](CO)O[Si](C)(C)C(C)(C)C)[C@@H](C)OCc1ccccc1. The lowest BCUT2D eigenvalue weighted by Crippen LogP contribution is -2.51. The molecule has 0 aliphatic heterocycles. The highest BCUT2D eigenvalue weighted by Gasteiger charge is 2.41. The predicted octanol–water partition coefficient (Wildman–Crippen LogP) is 3.97. The summed E-state index contributed by atoms with van der Waals surface area (Å²) in [7, 11) is -2.06. The van der Waals surface area contributed by atoms with Crippen molar-refractivity contribution in [1.29, 1.82) is 0 Å². The summed E-state index contributed by atoms with van der Waals surface area (Å²) in [6, 6.07) is 9.98. The average Bonchev–Trinajstić information content (AvgIpc) is 2.56. The Morgan fingerprint density at radius 3 is 2.12 bits per heavy atom. The third-order valence-corrected chi connectivity index (χ3v) is 9.95. The lowest BCUT2D eigenvalue weighted by Gasteiger charge is -2.41. The first-order chi connectivity index (χ1) is 11.5. The maximum Gasteiger partial charge on any atom is 0.192 e. The van der Waals surface area contributed by atoms with Crippen molar-refractivity contribution < 1.29 is 19.4 Å². The zero-order valence-corrected chi connectivity index (χ0v) is 17.8. The van der Waals surface area contributed by atoms with Crippen LogP contribution >= 0.6 is 0 Å². The molecule has 0 saturated heterocycles. The van der Waals surface area contributed by atoms with Crippen molar-refractivity contribution >= 4 is 8.32 Å². The first-order valence-electron chi connectivity index (χ1n) is 9.12. The van der Waals surface area contributed by atoms with Gasteiger partial charge in [-0.2, -0.15) is 0 Å². The fourth-order valence-electron chi connectivity index (χ4n) is 2.34. The predicted molar refractivity (Wildman–Crippen MR) is 105 cm³/mol. The molecular formula is C20H36O4Si. The number of rotatable bonds is 9. The summed E-state index contributed by atoms with van der Waals surface area (Å²) < 4.78 is 12.1. The molecule has 1 aromatic rings. The third kappa shape index (κ3) is 6.50. The minimum atomic E-state index is -2.06. The van der Waals surface area contributed by atoms with Crippen LogP contribution in [-0.4, -0.2) is 43.4 Å². The van der Waals surface area contributed by atoms with Crippen molar-refractivity contribution in [3.63, 3.8) is 0 Å². The fraction of sp³-hybridized carbons (Fsp3) is 0.700. The van der Waals surface area contributed by atoms with E-state index in [2.05, 4.69) is 33.9 Å². The van der Waals surface area contributed by atoms with E-state index in [4.69, 9.17) is 9.16 Å². The number of hydrogen-bond donors (Lipinski definition) is 2. The Balaban J connectivity index is 2.66. The number of aliphatic hydroxyl groups is 2. The van der Waals surface area contributed by atoms with Gasteiger partial charge in [-0.1, -0.05) is 58.0 Å². The molecule has 0 heterocycles. The number of aliphatic hydroxyl groups excluding tert-OH is 2. The van der Waals surface area contributed by atoms with Gasteiger partial charge in [0.1, 0.15) is 0 Å². The molecule has 0 aliphatic rings. The van der Waals surface area contributed by atoms with Gasteiger partial charge in [0.15, 0.2) is 8.32 Å². The normalized spacial score (nSPS) is 17.8. The van der Waals surface area contributed by atoms with Crippen LogP contribution in [-0.2, 0) is 15.8 Å². The second-order valence-corrected chi connectivity index (χ2v) is 13.2.